The first-order valence-electron chi connectivity index (χ1n) is 10.7. The number of aliphatic hydroxyl groups excluding tert-OH is 1. The molecule has 1 aliphatic rings. The monoisotopic (exact) mass is 481 g/mol. The second kappa shape index (κ2) is 11.6. The van der Waals surface area contributed by atoms with E-state index >= 15 is 0 Å². The van der Waals surface area contributed by atoms with Crippen LogP contribution in [0.3, 0.4) is 0 Å². The SMILES string of the molecule is CC(C)(CC1Cc2ccccc2C1)NCC(O)COc1cc(C=CC(=O)O)cc(F)c1F.Cl. The van der Waals surface area contributed by atoms with Crippen LogP contribution in [0.2, 0.25) is 0 Å². The topological polar surface area (TPSA) is 78.8 Å². The van der Waals surface area contributed by atoms with E-state index in [-0.39, 0.29) is 42.4 Å². The Kier molecular flexibility index (Phi) is 9.40. The molecular weight excluding hydrogens is 452 g/mol. The van der Waals surface area contributed by atoms with E-state index in [0.29, 0.717) is 5.92 Å². The van der Waals surface area contributed by atoms with Crippen LogP contribution in [0.15, 0.2) is 42.5 Å². The maximum Gasteiger partial charge on any atom is 0.328 e. The Labute approximate surface area is 198 Å². The van der Waals surface area contributed by atoms with Crippen molar-refractivity contribution in [2.75, 3.05) is 13.2 Å². The minimum absolute atomic E-state index is 0. The van der Waals surface area contributed by atoms with Crippen LogP contribution in [-0.2, 0) is 17.6 Å². The van der Waals surface area contributed by atoms with Crippen molar-refractivity contribution in [1.29, 1.82) is 0 Å². The van der Waals surface area contributed by atoms with Gasteiger partial charge in [0.15, 0.2) is 11.6 Å². The van der Waals surface area contributed by atoms with Gasteiger partial charge in [-0.05, 0) is 73.9 Å². The molecule has 0 bridgehead atoms. The standard InChI is InChI=1S/C25H29F2NO4.ClH/c1-25(2,13-17-9-18-5-3-4-6-19(18)10-17)28-14-20(29)15-32-22-12-16(7-8-23(30)31)11-21(26)24(22)27;/h3-8,11-12,17,20,28-29H,9-10,13-15H2,1-2H3,(H,30,31);1H. The van der Waals surface area contributed by atoms with E-state index in [4.69, 9.17) is 9.84 Å². The number of aliphatic carboxylic acids is 1. The number of hydrogen-bond acceptors (Lipinski definition) is 4. The Morgan fingerprint density at radius 1 is 1.24 bits per heavy atom. The quantitative estimate of drug-likeness (QED) is 0.438. The number of halogens is 3. The van der Waals surface area contributed by atoms with Crippen molar-refractivity contribution in [2.45, 2.75) is 44.8 Å². The fraction of sp³-hybridized carbons (Fsp3) is 0.400. The average molecular weight is 482 g/mol. The lowest BCUT2D eigenvalue weighted by molar-refractivity contribution is -0.131. The molecule has 2 aromatic rings. The van der Waals surface area contributed by atoms with Crippen molar-refractivity contribution in [1.82, 2.24) is 5.32 Å². The zero-order chi connectivity index (χ0) is 23.3. The molecule has 33 heavy (non-hydrogen) atoms. The van der Waals surface area contributed by atoms with Crippen LogP contribution in [0.4, 0.5) is 8.78 Å². The van der Waals surface area contributed by atoms with Gasteiger partial charge in [0.2, 0.25) is 5.82 Å². The van der Waals surface area contributed by atoms with Gasteiger partial charge in [-0.25, -0.2) is 9.18 Å². The molecule has 0 heterocycles. The molecule has 2 aromatic carbocycles. The average Bonchev–Trinajstić information content (AvgIpc) is 3.13. The summed E-state index contributed by atoms with van der Waals surface area (Å²) in [4.78, 5) is 10.6. The van der Waals surface area contributed by atoms with Gasteiger partial charge in [0.1, 0.15) is 12.7 Å². The van der Waals surface area contributed by atoms with E-state index in [9.17, 15) is 18.7 Å². The number of carboxylic acids is 1. The molecule has 0 fully saturated rings. The van der Waals surface area contributed by atoms with Gasteiger partial charge in [-0.3, -0.25) is 0 Å². The van der Waals surface area contributed by atoms with Gasteiger partial charge in [0, 0.05) is 18.2 Å². The van der Waals surface area contributed by atoms with E-state index in [2.05, 4.69) is 43.4 Å². The minimum atomic E-state index is -1.21. The number of nitrogens with one attached hydrogen (secondary N) is 1. The smallest absolute Gasteiger partial charge is 0.328 e. The van der Waals surface area contributed by atoms with Gasteiger partial charge in [-0.1, -0.05) is 24.3 Å². The molecule has 1 atom stereocenters. The summed E-state index contributed by atoms with van der Waals surface area (Å²) in [6.07, 6.45) is 4.05. The van der Waals surface area contributed by atoms with Gasteiger partial charge >= 0.3 is 5.97 Å². The summed E-state index contributed by atoms with van der Waals surface area (Å²) in [6, 6.07) is 10.5. The molecule has 0 saturated heterocycles. The summed E-state index contributed by atoms with van der Waals surface area (Å²) in [6.45, 7) is 4.16. The van der Waals surface area contributed by atoms with Gasteiger partial charge in [0.05, 0.1) is 0 Å². The van der Waals surface area contributed by atoms with Crippen LogP contribution in [-0.4, -0.2) is 41.0 Å². The van der Waals surface area contributed by atoms with Crippen LogP contribution in [0.25, 0.3) is 6.08 Å². The molecule has 0 aromatic heterocycles. The highest BCUT2D eigenvalue weighted by Gasteiger charge is 2.28. The third kappa shape index (κ3) is 7.81. The first-order valence-corrected chi connectivity index (χ1v) is 10.7. The molecule has 3 N–H and O–H groups in total. The summed E-state index contributed by atoms with van der Waals surface area (Å²) in [5.74, 6) is -3.39. The van der Waals surface area contributed by atoms with Crippen LogP contribution >= 0.6 is 12.4 Å². The number of rotatable bonds is 10. The van der Waals surface area contributed by atoms with Crippen LogP contribution < -0.4 is 10.1 Å². The summed E-state index contributed by atoms with van der Waals surface area (Å²) in [5, 5.41) is 22.3. The molecule has 0 spiro atoms. The highest BCUT2D eigenvalue weighted by Crippen LogP contribution is 2.32. The predicted molar refractivity (Wildman–Crippen MR) is 126 cm³/mol. The maximum absolute atomic E-state index is 14.0. The van der Waals surface area contributed by atoms with Crippen LogP contribution in [0.1, 0.15) is 37.0 Å². The summed E-state index contributed by atoms with van der Waals surface area (Å²) in [7, 11) is 0. The van der Waals surface area contributed by atoms with Gasteiger partial charge < -0.3 is 20.3 Å². The zero-order valence-corrected chi connectivity index (χ0v) is 19.5. The zero-order valence-electron chi connectivity index (χ0n) is 18.7. The summed E-state index contributed by atoms with van der Waals surface area (Å²) < 4.78 is 33.1. The molecule has 0 aliphatic heterocycles. The normalized spacial score (nSPS) is 14.7. The second-order valence-electron chi connectivity index (χ2n) is 8.96. The molecule has 8 heteroatoms. The van der Waals surface area contributed by atoms with Crippen molar-refractivity contribution in [2.24, 2.45) is 5.92 Å². The van der Waals surface area contributed by atoms with Crippen LogP contribution in [0, 0.1) is 17.6 Å². The molecular formula is C25H30ClF2NO4. The van der Waals surface area contributed by atoms with Crippen molar-refractivity contribution in [3.63, 3.8) is 0 Å². The number of hydrogen-bond donors (Lipinski definition) is 3. The molecule has 0 amide bonds. The van der Waals surface area contributed by atoms with Crippen LogP contribution in [0.5, 0.6) is 5.75 Å². The summed E-state index contributed by atoms with van der Waals surface area (Å²) in [5.41, 5.74) is 2.73. The number of aliphatic hydroxyl groups is 1. The highest BCUT2D eigenvalue weighted by molar-refractivity contribution is 5.85. The molecule has 1 aliphatic carbocycles. The third-order valence-corrected chi connectivity index (χ3v) is 5.62. The van der Waals surface area contributed by atoms with Gasteiger partial charge in [-0.2, -0.15) is 4.39 Å². The first kappa shape index (κ1) is 26.8. The van der Waals surface area contributed by atoms with E-state index in [1.807, 2.05) is 0 Å². The fourth-order valence-electron chi connectivity index (χ4n) is 4.18. The Hall–Kier alpha value is -2.48. The Morgan fingerprint density at radius 2 is 1.88 bits per heavy atom. The number of β-amino-alcohol motifs (C(OH)–C–C–N with tert-alkyl or cyclic N) is 1. The van der Waals surface area contributed by atoms with E-state index in [1.165, 1.54) is 17.2 Å². The Bertz CT molecular complexity index is 971. The van der Waals surface area contributed by atoms with E-state index in [0.717, 1.165) is 37.5 Å². The lowest BCUT2D eigenvalue weighted by Crippen LogP contribution is -2.46. The Morgan fingerprint density at radius 3 is 2.48 bits per heavy atom. The van der Waals surface area contributed by atoms with Gasteiger partial charge in [0.25, 0.3) is 0 Å². The molecule has 180 valence electrons. The van der Waals surface area contributed by atoms with Crippen molar-refractivity contribution in [3.05, 3.63) is 70.8 Å². The lowest BCUT2D eigenvalue weighted by atomic mass is 9.88. The maximum atomic E-state index is 14.0. The summed E-state index contributed by atoms with van der Waals surface area (Å²) >= 11 is 0. The number of benzene rings is 2. The lowest BCUT2D eigenvalue weighted by Gasteiger charge is -2.30. The molecule has 0 radical (unpaired) electrons. The van der Waals surface area contributed by atoms with Crippen molar-refractivity contribution < 1.29 is 28.5 Å². The fourth-order valence-corrected chi connectivity index (χ4v) is 4.18. The second-order valence-corrected chi connectivity index (χ2v) is 8.96. The highest BCUT2D eigenvalue weighted by atomic mass is 35.5. The molecule has 5 nitrogen and oxygen atoms in total. The Balaban J connectivity index is 0.00000385. The number of carbonyl (C=O) groups is 1. The van der Waals surface area contributed by atoms with E-state index < -0.39 is 23.7 Å². The third-order valence-electron chi connectivity index (χ3n) is 5.62. The first-order chi connectivity index (χ1) is 15.1. The largest absolute Gasteiger partial charge is 0.488 e. The molecule has 3 rings (SSSR count). The van der Waals surface area contributed by atoms with E-state index in [1.54, 1.807) is 0 Å². The minimum Gasteiger partial charge on any atom is -0.488 e. The number of fused-ring (bicyclic) bond motifs is 1. The molecule has 1 unspecified atom stereocenters. The predicted octanol–water partition coefficient (Wildman–Crippen LogP) is 4.40. The number of carboxylic acid groups (broad SMARTS) is 1. The van der Waals surface area contributed by atoms with Gasteiger partial charge in [-0.15, -0.1) is 12.4 Å². The number of ether oxygens (including phenoxy) is 1. The van der Waals surface area contributed by atoms with Crippen molar-refractivity contribution >= 4 is 24.5 Å². The molecule has 0 saturated carbocycles. The van der Waals surface area contributed by atoms with Crippen molar-refractivity contribution in [3.8, 4) is 5.75 Å².